The van der Waals surface area contributed by atoms with Gasteiger partial charge in [0.1, 0.15) is 5.75 Å². The number of hydrogen-bond acceptors (Lipinski definition) is 3. The molecule has 4 heteroatoms. The first-order chi connectivity index (χ1) is 11.1. The standard InChI is InChI=1S/C19H24N2O2/c1-14-6-4-9-18(15(14)2)21-19(22)13-20-11-10-16-7-5-8-17(12-16)23-3/h4-9,12,20H,10-11,13H2,1-3H3,(H,21,22). The molecule has 1 amide bonds. The van der Waals surface area contributed by atoms with Crippen LogP contribution in [0.15, 0.2) is 42.5 Å². The maximum atomic E-state index is 12.0. The molecule has 0 saturated carbocycles. The fourth-order valence-electron chi connectivity index (χ4n) is 2.34. The molecule has 0 heterocycles. The van der Waals surface area contributed by atoms with Crippen LogP contribution >= 0.6 is 0 Å². The van der Waals surface area contributed by atoms with Gasteiger partial charge in [-0.2, -0.15) is 0 Å². The molecule has 2 aromatic carbocycles. The van der Waals surface area contributed by atoms with Crippen molar-refractivity contribution in [2.24, 2.45) is 0 Å². The number of carbonyl (C=O) groups excluding carboxylic acids is 1. The summed E-state index contributed by atoms with van der Waals surface area (Å²) >= 11 is 0. The number of methoxy groups -OCH3 is 1. The number of nitrogens with one attached hydrogen (secondary N) is 2. The Bertz CT molecular complexity index is 668. The first-order valence-corrected chi connectivity index (χ1v) is 7.80. The predicted octanol–water partition coefficient (Wildman–Crippen LogP) is 3.08. The molecule has 23 heavy (non-hydrogen) atoms. The minimum atomic E-state index is -0.0238. The Morgan fingerprint density at radius 3 is 2.70 bits per heavy atom. The number of aryl methyl sites for hydroxylation is 1. The van der Waals surface area contributed by atoms with Crippen LogP contribution in [0.4, 0.5) is 5.69 Å². The van der Waals surface area contributed by atoms with Crippen molar-refractivity contribution >= 4 is 11.6 Å². The number of hydrogen-bond donors (Lipinski definition) is 2. The fourth-order valence-corrected chi connectivity index (χ4v) is 2.34. The van der Waals surface area contributed by atoms with E-state index in [1.807, 2.05) is 50.2 Å². The van der Waals surface area contributed by atoms with E-state index in [1.165, 1.54) is 11.1 Å². The Kier molecular flexibility index (Phi) is 6.18. The molecule has 0 bridgehead atoms. The summed E-state index contributed by atoms with van der Waals surface area (Å²) in [5, 5.41) is 6.12. The van der Waals surface area contributed by atoms with Gasteiger partial charge in [0.25, 0.3) is 0 Å². The molecule has 0 unspecified atom stereocenters. The normalized spacial score (nSPS) is 10.4. The SMILES string of the molecule is COc1cccc(CCNCC(=O)Nc2cccc(C)c2C)c1. The zero-order valence-corrected chi connectivity index (χ0v) is 14.0. The molecule has 0 aromatic heterocycles. The molecule has 122 valence electrons. The molecular weight excluding hydrogens is 288 g/mol. The molecule has 0 fully saturated rings. The van der Waals surface area contributed by atoms with E-state index in [1.54, 1.807) is 7.11 Å². The highest BCUT2D eigenvalue weighted by atomic mass is 16.5. The zero-order chi connectivity index (χ0) is 16.7. The largest absolute Gasteiger partial charge is 0.497 e. The van der Waals surface area contributed by atoms with Gasteiger partial charge >= 0.3 is 0 Å². The number of carbonyl (C=O) groups is 1. The third-order valence-corrected chi connectivity index (χ3v) is 3.89. The van der Waals surface area contributed by atoms with E-state index in [2.05, 4.69) is 16.7 Å². The molecule has 2 rings (SSSR count). The van der Waals surface area contributed by atoms with Crippen LogP contribution in [0.3, 0.4) is 0 Å². The number of ether oxygens (including phenoxy) is 1. The highest BCUT2D eigenvalue weighted by molar-refractivity contribution is 5.93. The molecule has 2 aromatic rings. The third kappa shape index (κ3) is 5.11. The molecule has 0 aliphatic carbocycles. The first-order valence-electron chi connectivity index (χ1n) is 7.80. The fraction of sp³-hybridized carbons (Fsp3) is 0.316. The average molecular weight is 312 g/mol. The molecule has 0 radical (unpaired) electrons. The van der Waals surface area contributed by atoms with Crippen molar-refractivity contribution in [1.82, 2.24) is 5.32 Å². The van der Waals surface area contributed by atoms with E-state index in [9.17, 15) is 4.79 Å². The van der Waals surface area contributed by atoms with E-state index in [-0.39, 0.29) is 5.91 Å². The van der Waals surface area contributed by atoms with Gasteiger partial charge in [-0.05, 0) is 61.7 Å². The van der Waals surface area contributed by atoms with Gasteiger partial charge in [0.2, 0.25) is 5.91 Å². The minimum Gasteiger partial charge on any atom is -0.497 e. The number of anilines is 1. The van der Waals surface area contributed by atoms with E-state index >= 15 is 0 Å². The van der Waals surface area contributed by atoms with Gasteiger partial charge < -0.3 is 15.4 Å². The molecule has 4 nitrogen and oxygen atoms in total. The van der Waals surface area contributed by atoms with E-state index in [0.29, 0.717) is 6.54 Å². The lowest BCUT2D eigenvalue weighted by Gasteiger charge is -2.11. The molecule has 0 aliphatic heterocycles. The summed E-state index contributed by atoms with van der Waals surface area (Å²) in [6, 6.07) is 13.9. The second-order valence-electron chi connectivity index (χ2n) is 5.57. The van der Waals surface area contributed by atoms with Crippen LogP contribution in [-0.4, -0.2) is 26.1 Å². The van der Waals surface area contributed by atoms with E-state index in [0.717, 1.165) is 30.0 Å². The van der Waals surface area contributed by atoms with Gasteiger partial charge in [0.05, 0.1) is 13.7 Å². The lowest BCUT2D eigenvalue weighted by Crippen LogP contribution is -2.29. The van der Waals surface area contributed by atoms with Gasteiger partial charge in [-0.3, -0.25) is 4.79 Å². The summed E-state index contributed by atoms with van der Waals surface area (Å²) in [6.07, 6.45) is 0.855. The Hall–Kier alpha value is -2.33. The van der Waals surface area contributed by atoms with Gasteiger partial charge in [0, 0.05) is 5.69 Å². The molecule has 2 N–H and O–H groups in total. The summed E-state index contributed by atoms with van der Waals surface area (Å²) in [6.45, 7) is 5.10. The molecule has 0 spiro atoms. The van der Waals surface area contributed by atoms with Gasteiger partial charge in [-0.15, -0.1) is 0 Å². The first kappa shape index (κ1) is 17.0. The highest BCUT2D eigenvalue weighted by Gasteiger charge is 2.05. The minimum absolute atomic E-state index is 0.0238. The third-order valence-electron chi connectivity index (χ3n) is 3.89. The summed E-state index contributed by atoms with van der Waals surface area (Å²) in [5.74, 6) is 0.833. The van der Waals surface area contributed by atoms with Crippen molar-refractivity contribution in [3.05, 3.63) is 59.2 Å². The monoisotopic (exact) mass is 312 g/mol. The maximum absolute atomic E-state index is 12.0. The Morgan fingerprint density at radius 1 is 1.13 bits per heavy atom. The Morgan fingerprint density at radius 2 is 1.91 bits per heavy atom. The number of amides is 1. The second kappa shape index (κ2) is 8.34. The number of benzene rings is 2. The summed E-state index contributed by atoms with van der Waals surface area (Å²) < 4.78 is 5.20. The smallest absolute Gasteiger partial charge is 0.238 e. The zero-order valence-electron chi connectivity index (χ0n) is 14.0. The molecule has 0 saturated heterocycles. The van der Waals surface area contributed by atoms with Crippen LogP contribution in [-0.2, 0) is 11.2 Å². The summed E-state index contributed by atoms with van der Waals surface area (Å²) in [5.41, 5.74) is 4.35. The van der Waals surface area contributed by atoms with Crippen LogP contribution in [0.5, 0.6) is 5.75 Å². The van der Waals surface area contributed by atoms with Crippen LogP contribution in [0.2, 0.25) is 0 Å². The van der Waals surface area contributed by atoms with Crippen molar-refractivity contribution in [2.45, 2.75) is 20.3 Å². The predicted molar refractivity (Wildman–Crippen MR) is 94.1 cm³/mol. The van der Waals surface area contributed by atoms with E-state index in [4.69, 9.17) is 4.74 Å². The van der Waals surface area contributed by atoms with Crippen LogP contribution < -0.4 is 15.4 Å². The van der Waals surface area contributed by atoms with Crippen molar-refractivity contribution in [2.75, 3.05) is 25.5 Å². The van der Waals surface area contributed by atoms with Crippen molar-refractivity contribution in [1.29, 1.82) is 0 Å². The summed E-state index contributed by atoms with van der Waals surface area (Å²) in [7, 11) is 1.66. The Balaban J connectivity index is 1.75. The highest BCUT2D eigenvalue weighted by Crippen LogP contribution is 2.17. The summed E-state index contributed by atoms with van der Waals surface area (Å²) in [4.78, 5) is 12.0. The van der Waals surface area contributed by atoms with Gasteiger partial charge in [-0.1, -0.05) is 24.3 Å². The number of rotatable bonds is 7. The van der Waals surface area contributed by atoms with Crippen molar-refractivity contribution in [3.63, 3.8) is 0 Å². The lowest BCUT2D eigenvalue weighted by atomic mass is 10.1. The molecule has 0 atom stereocenters. The average Bonchev–Trinajstić information content (AvgIpc) is 2.56. The van der Waals surface area contributed by atoms with Crippen LogP contribution in [0.1, 0.15) is 16.7 Å². The van der Waals surface area contributed by atoms with Crippen LogP contribution in [0, 0.1) is 13.8 Å². The molecular formula is C19H24N2O2. The topological polar surface area (TPSA) is 50.4 Å². The van der Waals surface area contributed by atoms with Crippen molar-refractivity contribution < 1.29 is 9.53 Å². The quantitative estimate of drug-likeness (QED) is 0.773. The second-order valence-corrected chi connectivity index (χ2v) is 5.57. The van der Waals surface area contributed by atoms with E-state index < -0.39 is 0 Å². The van der Waals surface area contributed by atoms with Crippen molar-refractivity contribution in [3.8, 4) is 5.75 Å². The van der Waals surface area contributed by atoms with Gasteiger partial charge in [0.15, 0.2) is 0 Å². The molecule has 0 aliphatic rings. The van der Waals surface area contributed by atoms with Crippen LogP contribution in [0.25, 0.3) is 0 Å². The maximum Gasteiger partial charge on any atom is 0.238 e. The van der Waals surface area contributed by atoms with Gasteiger partial charge in [-0.25, -0.2) is 0 Å². The lowest BCUT2D eigenvalue weighted by molar-refractivity contribution is -0.115. The Labute approximate surface area is 137 Å².